The van der Waals surface area contributed by atoms with E-state index in [0.717, 1.165) is 25.4 Å². The van der Waals surface area contributed by atoms with E-state index in [-0.39, 0.29) is 11.4 Å². The van der Waals surface area contributed by atoms with E-state index in [4.69, 9.17) is 9.47 Å². The lowest BCUT2D eigenvalue weighted by atomic mass is 9.99. The van der Waals surface area contributed by atoms with Gasteiger partial charge in [-0.1, -0.05) is 6.42 Å². The van der Waals surface area contributed by atoms with Crippen molar-refractivity contribution in [3.8, 4) is 11.5 Å². The third-order valence-electron chi connectivity index (χ3n) is 4.50. The summed E-state index contributed by atoms with van der Waals surface area (Å²) < 4.78 is 11.1. The summed E-state index contributed by atoms with van der Waals surface area (Å²) in [6.45, 7) is 10.8. The number of likely N-dealkylation sites (tertiary alicyclic amines) is 1. The van der Waals surface area contributed by atoms with E-state index in [1.54, 1.807) is 21.0 Å². The van der Waals surface area contributed by atoms with E-state index in [1.165, 1.54) is 19.3 Å². The summed E-state index contributed by atoms with van der Waals surface area (Å²) >= 11 is 0. The van der Waals surface area contributed by atoms with Gasteiger partial charge in [0.15, 0.2) is 5.60 Å². The Balaban J connectivity index is 1.93. The fourth-order valence-corrected chi connectivity index (χ4v) is 3.16. The van der Waals surface area contributed by atoms with Crippen molar-refractivity contribution in [1.29, 1.82) is 0 Å². The first-order chi connectivity index (χ1) is 11.7. The number of rotatable bonds is 7. The van der Waals surface area contributed by atoms with Crippen LogP contribution in [0.5, 0.6) is 11.5 Å². The highest BCUT2D eigenvalue weighted by Crippen LogP contribution is 2.23. The number of carbonyl (C=O) groups excluding carboxylic acids is 1. The highest BCUT2D eigenvalue weighted by molar-refractivity contribution is 5.85. The number of ether oxygens (including phenoxy) is 2. The van der Waals surface area contributed by atoms with Crippen LogP contribution in [0.2, 0.25) is 0 Å². The van der Waals surface area contributed by atoms with Gasteiger partial charge in [0.1, 0.15) is 11.5 Å². The first-order valence-corrected chi connectivity index (χ1v) is 9.10. The normalized spacial score (nSPS) is 16.4. The molecule has 1 amide bonds. The second-order valence-electron chi connectivity index (χ2n) is 7.96. The average molecular weight is 348 g/mol. The van der Waals surface area contributed by atoms with Crippen molar-refractivity contribution >= 4 is 5.91 Å². The molecule has 25 heavy (non-hydrogen) atoms. The molecule has 5 nitrogen and oxygen atoms in total. The van der Waals surface area contributed by atoms with Gasteiger partial charge in [-0.2, -0.15) is 0 Å². The number of benzene rings is 1. The summed E-state index contributed by atoms with van der Waals surface area (Å²) in [5.74, 6) is 1.30. The second-order valence-corrected chi connectivity index (χ2v) is 7.96. The fourth-order valence-electron chi connectivity index (χ4n) is 3.16. The monoisotopic (exact) mass is 348 g/mol. The Kier molecular flexibility index (Phi) is 6.33. The summed E-state index contributed by atoms with van der Waals surface area (Å²) in [5, 5.41) is 3.16. The van der Waals surface area contributed by atoms with Crippen LogP contribution >= 0.6 is 0 Å². The predicted octanol–water partition coefficient (Wildman–Crippen LogP) is 3.23. The molecule has 2 rings (SSSR count). The maximum Gasteiger partial charge on any atom is 0.264 e. The van der Waals surface area contributed by atoms with E-state index in [1.807, 2.05) is 24.3 Å². The van der Waals surface area contributed by atoms with Gasteiger partial charge in [0, 0.05) is 12.1 Å². The van der Waals surface area contributed by atoms with Crippen LogP contribution in [0.4, 0.5) is 0 Å². The molecule has 1 aromatic carbocycles. The molecule has 0 bridgehead atoms. The summed E-state index contributed by atoms with van der Waals surface area (Å²) in [6.07, 6.45) is 3.80. The van der Waals surface area contributed by atoms with Crippen LogP contribution in [-0.2, 0) is 4.79 Å². The van der Waals surface area contributed by atoms with Gasteiger partial charge in [-0.3, -0.25) is 4.79 Å². The Morgan fingerprint density at radius 2 is 1.60 bits per heavy atom. The maximum absolute atomic E-state index is 12.8. The summed E-state index contributed by atoms with van der Waals surface area (Å²) in [7, 11) is 1.62. The van der Waals surface area contributed by atoms with Crippen molar-refractivity contribution < 1.29 is 14.3 Å². The molecule has 0 spiro atoms. The standard InChI is InChI=1S/C20H32N2O3/c1-19(2,15-22-13-7-6-8-14-22)21-18(23)20(3,4)25-17-11-9-16(24-5)10-12-17/h9-12H,6-8,13-15H2,1-5H3,(H,21,23). The molecule has 1 saturated heterocycles. The van der Waals surface area contributed by atoms with Gasteiger partial charge in [0.05, 0.1) is 7.11 Å². The zero-order valence-corrected chi connectivity index (χ0v) is 16.2. The number of carbonyl (C=O) groups is 1. The lowest BCUT2D eigenvalue weighted by Crippen LogP contribution is -2.58. The van der Waals surface area contributed by atoms with Crippen LogP contribution < -0.4 is 14.8 Å². The molecule has 1 aliphatic heterocycles. The van der Waals surface area contributed by atoms with Crippen molar-refractivity contribution in [2.24, 2.45) is 0 Å². The van der Waals surface area contributed by atoms with Crippen molar-refractivity contribution in [3.63, 3.8) is 0 Å². The number of nitrogens with zero attached hydrogens (tertiary/aromatic N) is 1. The molecule has 1 heterocycles. The van der Waals surface area contributed by atoms with E-state index >= 15 is 0 Å². The molecule has 0 radical (unpaired) electrons. The van der Waals surface area contributed by atoms with Crippen molar-refractivity contribution in [2.45, 2.75) is 58.1 Å². The molecule has 0 unspecified atom stereocenters. The SMILES string of the molecule is COc1ccc(OC(C)(C)C(=O)NC(C)(C)CN2CCCCC2)cc1. The first-order valence-electron chi connectivity index (χ1n) is 9.10. The second kappa shape index (κ2) is 8.09. The lowest BCUT2D eigenvalue weighted by Gasteiger charge is -2.37. The Morgan fingerprint density at radius 3 is 2.16 bits per heavy atom. The van der Waals surface area contributed by atoms with Crippen LogP contribution in [0.25, 0.3) is 0 Å². The molecule has 1 N–H and O–H groups in total. The average Bonchev–Trinajstić information content (AvgIpc) is 2.55. The van der Waals surface area contributed by atoms with Gasteiger partial charge in [-0.15, -0.1) is 0 Å². The number of piperidine rings is 1. The number of amides is 1. The quantitative estimate of drug-likeness (QED) is 0.822. The van der Waals surface area contributed by atoms with Gasteiger partial charge in [0.2, 0.25) is 0 Å². The van der Waals surface area contributed by atoms with Gasteiger partial charge in [-0.25, -0.2) is 0 Å². The molecule has 140 valence electrons. The van der Waals surface area contributed by atoms with E-state index in [2.05, 4.69) is 24.1 Å². The lowest BCUT2D eigenvalue weighted by molar-refractivity contribution is -0.136. The molecule has 0 aliphatic carbocycles. The minimum Gasteiger partial charge on any atom is -0.497 e. The number of methoxy groups -OCH3 is 1. The van der Waals surface area contributed by atoms with Crippen LogP contribution in [0, 0.1) is 0 Å². The molecule has 0 atom stereocenters. The van der Waals surface area contributed by atoms with Crippen molar-refractivity contribution in [2.75, 3.05) is 26.7 Å². The third-order valence-corrected chi connectivity index (χ3v) is 4.50. The highest BCUT2D eigenvalue weighted by Gasteiger charge is 2.34. The number of hydrogen-bond donors (Lipinski definition) is 1. The summed E-state index contributed by atoms with van der Waals surface area (Å²) in [4.78, 5) is 15.2. The molecule has 1 aliphatic rings. The Morgan fingerprint density at radius 1 is 1.04 bits per heavy atom. The zero-order valence-electron chi connectivity index (χ0n) is 16.2. The van der Waals surface area contributed by atoms with E-state index < -0.39 is 5.60 Å². The van der Waals surface area contributed by atoms with E-state index in [9.17, 15) is 4.79 Å². The van der Waals surface area contributed by atoms with Gasteiger partial charge >= 0.3 is 0 Å². The van der Waals surface area contributed by atoms with Gasteiger partial charge < -0.3 is 19.7 Å². The first kappa shape index (κ1) is 19.6. The van der Waals surface area contributed by atoms with Crippen molar-refractivity contribution in [1.82, 2.24) is 10.2 Å². The molecule has 5 heteroatoms. The molecule has 0 saturated carbocycles. The predicted molar refractivity (Wildman–Crippen MR) is 100 cm³/mol. The minimum absolute atomic E-state index is 0.106. The van der Waals surface area contributed by atoms with Crippen LogP contribution in [0.15, 0.2) is 24.3 Å². The smallest absolute Gasteiger partial charge is 0.264 e. The number of hydrogen-bond acceptors (Lipinski definition) is 4. The largest absolute Gasteiger partial charge is 0.497 e. The van der Waals surface area contributed by atoms with Crippen LogP contribution in [0.1, 0.15) is 47.0 Å². The Hall–Kier alpha value is -1.75. The summed E-state index contributed by atoms with van der Waals surface area (Å²) in [5.41, 5.74) is -1.25. The maximum atomic E-state index is 12.8. The molecule has 0 aromatic heterocycles. The van der Waals surface area contributed by atoms with Crippen molar-refractivity contribution in [3.05, 3.63) is 24.3 Å². The molecule has 1 fully saturated rings. The third kappa shape index (κ3) is 5.92. The molecular weight excluding hydrogens is 316 g/mol. The van der Waals surface area contributed by atoms with Gasteiger partial charge in [-0.05, 0) is 77.9 Å². The van der Waals surface area contributed by atoms with Gasteiger partial charge in [0.25, 0.3) is 5.91 Å². The topological polar surface area (TPSA) is 50.8 Å². The number of nitrogens with one attached hydrogen (secondary N) is 1. The Bertz CT molecular complexity index is 561. The summed E-state index contributed by atoms with van der Waals surface area (Å²) in [6, 6.07) is 7.27. The minimum atomic E-state index is -0.951. The highest BCUT2D eigenvalue weighted by atomic mass is 16.5. The Labute approximate surface area is 151 Å². The van der Waals surface area contributed by atoms with E-state index in [0.29, 0.717) is 5.75 Å². The molecule has 1 aromatic rings. The van der Waals surface area contributed by atoms with Crippen LogP contribution in [0.3, 0.4) is 0 Å². The zero-order chi connectivity index (χ0) is 18.5. The molecular formula is C20H32N2O3. The van der Waals surface area contributed by atoms with Crippen LogP contribution in [-0.4, -0.2) is 48.7 Å². The fraction of sp³-hybridized carbons (Fsp3) is 0.650.